The SMILES string of the molecule is O=C(CC1CCCCC1)NCCNC(=O)CC1CSCCN1. The van der Waals surface area contributed by atoms with Gasteiger partial charge in [-0.15, -0.1) is 0 Å². The van der Waals surface area contributed by atoms with Crippen LogP contribution in [0.1, 0.15) is 44.9 Å². The highest BCUT2D eigenvalue weighted by Gasteiger charge is 2.17. The van der Waals surface area contributed by atoms with E-state index in [9.17, 15) is 9.59 Å². The van der Waals surface area contributed by atoms with Gasteiger partial charge in [-0.05, 0) is 18.8 Å². The Morgan fingerprint density at radius 3 is 2.32 bits per heavy atom. The fraction of sp³-hybridized carbons (Fsp3) is 0.875. The normalized spacial score (nSPS) is 23.0. The van der Waals surface area contributed by atoms with Gasteiger partial charge < -0.3 is 16.0 Å². The molecule has 1 aliphatic heterocycles. The largest absolute Gasteiger partial charge is 0.354 e. The molecule has 2 aliphatic rings. The Morgan fingerprint density at radius 2 is 1.68 bits per heavy atom. The van der Waals surface area contributed by atoms with Crippen molar-refractivity contribution in [2.24, 2.45) is 5.92 Å². The predicted molar refractivity (Wildman–Crippen MR) is 90.9 cm³/mol. The summed E-state index contributed by atoms with van der Waals surface area (Å²) in [6, 6.07) is 0.291. The lowest BCUT2D eigenvalue weighted by molar-refractivity contribution is -0.123. The van der Waals surface area contributed by atoms with Gasteiger partial charge in [-0.2, -0.15) is 11.8 Å². The maximum Gasteiger partial charge on any atom is 0.221 e. The van der Waals surface area contributed by atoms with Crippen LogP contribution in [0.5, 0.6) is 0 Å². The van der Waals surface area contributed by atoms with E-state index in [0.717, 1.165) is 18.1 Å². The first kappa shape index (κ1) is 17.6. The van der Waals surface area contributed by atoms with Crippen molar-refractivity contribution in [3.63, 3.8) is 0 Å². The second kappa shape index (κ2) is 10.1. The Labute approximate surface area is 137 Å². The quantitative estimate of drug-likeness (QED) is 0.616. The highest BCUT2D eigenvalue weighted by Crippen LogP contribution is 2.25. The van der Waals surface area contributed by atoms with Gasteiger partial charge in [0.05, 0.1) is 0 Å². The van der Waals surface area contributed by atoms with Crippen LogP contribution in [0.25, 0.3) is 0 Å². The van der Waals surface area contributed by atoms with Crippen molar-refractivity contribution in [3.05, 3.63) is 0 Å². The van der Waals surface area contributed by atoms with Crippen LogP contribution in [0.4, 0.5) is 0 Å². The molecule has 5 nitrogen and oxygen atoms in total. The molecule has 0 aromatic rings. The van der Waals surface area contributed by atoms with Crippen LogP contribution < -0.4 is 16.0 Å². The smallest absolute Gasteiger partial charge is 0.221 e. The minimum atomic E-state index is 0.0709. The molecule has 0 aromatic carbocycles. The number of amides is 2. The van der Waals surface area contributed by atoms with Crippen LogP contribution >= 0.6 is 11.8 Å². The first-order valence-electron chi connectivity index (χ1n) is 8.58. The Bertz CT molecular complexity index is 319. The lowest BCUT2D eigenvalue weighted by Gasteiger charge is -2.22. The number of carbonyl (C=O) groups is 2. The molecule has 0 radical (unpaired) electrons. The monoisotopic (exact) mass is 327 g/mol. The summed E-state index contributed by atoms with van der Waals surface area (Å²) < 4.78 is 0. The summed E-state index contributed by atoms with van der Waals surface area (Å²) in [5.74, 6) is 2.91. The van der Waals surface area contributed by atoms with Crippen molar-refractivity contribution in [1.82, 2.24) is 16.0 Å². The van der Waals surface area contributed by atoms with Gasteiger partial charge in [0.1, 0.15) is 0 Å². The highest BCUT2D eigenvalue weighted by atomic mass is 32.2. The van der Waals surface area contributed by atoms with Crippen LogP contribution in [0.15, 0.2) is 0 Å². The van der Waals surface area contributed by atoms with E-state index in [0.29, 0.717) is 37.9 Å². The van der Waals surface area contributed by atoms with E-state index in [1.807, 2.05) is 11.8 Å². The lowest BCUT2D eigenvalue weighted by Crippen LogP contribution is -2.42. The predicted octanol–water partition coefficient (Wildman–Crippen LogP) is 1.28. The third-order valence-corrected chi connectivity index (χ3v) is 5.53. The Morgan fingerprint density at radius 1 is 1.00 bits per heavy atom. The van der Waals surface area contributed by atoms with Gasteiger partial charge in [-0.25, -0.2) is 0 Å². The molecule has 1 heterocycles. The molecule has 0 aromatic heterocycles. The second-order valence-electron chi connectivity index (χ2n) is 6.34. The van der Waals surface area contributed by atoms with Crippen LogP contribution in [-0.4, -0.2) is 49.0 Å². The first-order valence-corrected chi connectivity index (χ1v) is 9.74. The molecule has 1 saturated carbocycles. The number of carbonyl (C=O) groups excluding carboxylic acids is 2. The molecule has 1 atom stereocenters. The zero-order valence-corrected chi connectivity index (χ0v) is 14.2. The summed E-state index contributed by atoms with van der Waals surface area (Å²) in [6.07, 6.45) is 7.41. The zero-order chi connectivity index (χ0) is 15.6. The topological polar surface area (TPSA) is 70.2 Å². The molecule has 6 heteroatoms. The third kappa shape index (κ3) is 7.01. The molecule has 22 heavy (non-hydrogen) atoms. The zero-order valence-electron chi connectivity index (χ0n) is 13.4. The van der Waals surface area contributed by atoms with Crippen LogP contribution in [0, 0.1) is 5.92 Å². The highest BCUT2D eigenvalue weighted by molar-refractivity contribution is 7.99. The third-order valence-electron chi connectivity index (χ3n) is 4.40. The van der Waals surface area contributed by atoms with Gasteiger partial charge in [0.25, 0.3) is 0 Å². The van der Waals surface area contributed by atoms with E-state index in [4.69, 9.17) is 0 Å². The average molecular weight is 327 g/mol. The Balaban J connectivity index is 1.48. The number of nitrogens with one attached hydrogen (secondary N) is 3. The fourth-order valence-electron chi connectivity index (χ4n) is 3.18. The molecular formula is C16H29N3O2S. The molecular weight excluding hydrogens is 298 g/mol. The maximum atomic E-state index is 11.8. The fourth-order valence-corrected chi connectivity index (χ4v) is 4.13. The number of hydrogen-bond acceptors (Lipinski definition) is 4. The number of rotatable bonds is 7. The summed E-state index contributed by atoms with van der Waals surface area (Å²) in [4.78, 5) is 23.6. The van der Waals surface area contributed by atoms with Gasteiger partial charge in [-0.1, -0.05) is 19.3 Å². The van der Waals surface area contributed by atoms with Crippen LogP contribution in [0.3, 0.4) is 0 Å². The molecule has 0 spiro atoms. The average Bonchev–Trinajstić information content (AvgIpc) is 2.53. The molecule has 1 saturated heterocycles. The van der Waals surface area contributed by atoms with Crippen molar-refractivity contribution in [1.29, 1.82) is 0 Å². The number of hydrogen-bond donors (Lipinski definition) is 3. The van der Waals surface area contributed by atoms with Crippen molar-refractivity contribution < 1.29 is 9.59 Å². The molecule has 0 bridgehead atoms. The van der Waals surface area contributed by atoms with Gasteiger partial charge in [0.2, 0.25) is 11.8 Å². The van der Waals surface area contributed by atoms with Gasteiger partial charge in [-0.3, -0.25) is 9.59 Å². The number of thioether (sulfide) groups is 1. The van der Waals surface area contributed by atoms with Crippen molar-refractivity contribution >= 4 is 23.6 Å². The molecule has 2 rings (SSSR count). The minimum Gasteiger partial charge on any atom is -0.354 e. The van der Waals surface area contributed by atoms with Gasteiger partial charge in [0.15, 0.2) is 0 Å². The second-order valence-corrected chi connectivity index (χ2v) is 7.49. The van der Waals surface area contributed by atoms with Crippen molar-refractivity contribution in [2.75, 3.05) is 31.1 Å². The van der Waals surface area contributed by atoms with E-state index in [1.165, 1.54) is 32.1 Å². The molecule has 2 fully saturated rings. The first-order chi connectivity index (χ1) is 10.7. The van der Waals surface area contributed by atoms with Crippen LogP contribution in [0.2, 0.25) is 0 Å². The molecule has 1 unspecified atom stereocenters. The molecule has 1 aliphatic carbocycles. The van der Waals surface area contributed by atoms with E-state index in [2.05, 4.69) is 16.0 Å². The van der Waals surface area contributed by atoms with E-state index in [-0.39, 0.29) is 11.8 Å². The van der Waals surface area contributed by atoms with E-state index < -0.39 is 0 Å². The minimum absolute atomic E-state index is 0.0709. The van der Waals surface area contributed by atoms with E-state index >= 15 is 0 Å². The summed E-state index contributed by atoms with van der Waals surface area (Å²) in [6.45, 7) is 2.04. The summed E-state index contributed by atoms with van der Waals surface area (Å²) in [5.41, 5.74) is 0. The van der Waals surface area contributed by atoms with Gasteiger partial charge in [0, 0.05) is 50.0 Å². The van der Waals surface area contributed by atoms with Crippen molar-refractivity contribution in [3.8, 4) is 0 Å². The summed E-state index contributed by atoms with van der Waals surface area (Å²) >= 11 is 1.89. The summed E-state index contributed by atoms with van der Waals surface area (Å²) in [5, 5.41) is 9.15. The standard InChI is InChI=1S/C16H29N3O2S/c20-15(10-13-4-2-1-3-5-13)18-6-7-19-16(21)11-14-12-22-9-8-17-14/h13-14,17H,1-12H2,(H,18,20)(H,19,21). The van der Waals surface area contributed by atoms with Crippen molar-refractivity contribution in [2.45, 2.75) is 51.0 Å². The Hall–Kier alpha value is -0.750. The maximum absolute atomic E-state index is 11.8. The lowest BCUT2D eigenvalue weighted by atomic mass is 9.87. The molecule has 2 amide bonds. The Kier molecular flexibility index (Phi) is 8.08. The molecule has 3 N–H and O–H groups in total. The van der Waals surface area contributed by atoms with E-state index in [1.54, 1.807) is 0 Å². The summed E-state index contributed by atoms with van der Waals surface area (Å²) in [7, 11) is 0. The molecule has 126 valence electrons. The van der Waals surface area contributed by atoms with Crippen LogP contribution in [-0.2, 0) is 9.59 Å². The van der Waals surface area contributed by atoms with Gasteiger partial charge >= 0.3 is 0 Å².